The first-order chi connectivity index (χ1) is 10.6. The molecule has 0 spiro atoms. The summed E-state index contributed by atoms with van der Waals surface area (Å²) < 4.78 is 10.6. The Hall–Kier alpha value is -0.0600. The molecule has 0 N–H and O–H groups in total. The lowest BCUT2D eigenvalue weighted by atomic mass is 10.0. The van der Waals surface area contributed by atoms with Gasteiger partial charge in [0.25, 0.3) is 0 Å². The first-order valence-corrected chi connectivity index (χ1v) is 8.93. The van der Waals surface area contributed by atoms with Crippen molar-refractivity contribution in [1.82, 2.24) is 0 Å². The quantitative estimate of drug-likeness (QED) is 0.529. The number of rotatable bonds is 4. The van der Waals surface area contributed by atoms with Gasteiger partial charge in [-0.1, -0.05) is 54.7 Å². The van der Waals surface area contributed by atoms with Gasteiger partial charge in [0.15, 0.2) is 12.1 Å². The SMILES string of the molecule is C=CCC1=C(C)[C@@H](O[C@H]2O[C@@H](C(Cl)(Cl)Cl)[C@H]3[C@@H]2C3(C)C)CC1=O. The third-order valence-corrected chi connectivity index (χ3v) is 6.18. The van der Waals surface area contributed by atoms with Crippen LogP contribution < -0.4 is 0 Å². The van der Waals surface area contributed by atoms with Crippen molar-refractivity contribution < 1.29 is 14.3 Å². The van der Waals surface area contributed by atoms with E-state index in [-0.39, 0.29) is 29.1 Å². The fourth-order valence-corrected chi connectivity index (χ4v) is 4.68. The van der Waals surface area contributed by atoms with Crippen LogP contribution in [-0.4, -0.2) is 28.1 Å². The summed E-state index contributed by atoms with van der Waals surface area (Å²) in [5.41, 5.74) is 1.78. The predicted octanol–water partition coefficient (Wildman–Crippen LogP) is 4.60. The molecule has 5 atom stereocenters. The highest BCUT2D eigenvalue weighted by Crippen LogP contribution is 2.70. The third kappa shape index (κ3) is 2.89. The Bertz CT molecular complexity index is 576. The number of hydrogen-bond acceptors (Lipinski definition) is 3. The molecule has 1 saturated heterocycles. The van der Waals surface area contributed by atoms with E-state index in [1.54, 1.807) is 6.08 Å². The minimum atomic E-state index is -1.47. The molecule has 0 bridgehead atoms. The number of alkyl halides is 3. The molecule has 23 heavy (non-hydrogen) atoms. The van der Waals surface area contributed by atoms with Crippen LogP contribution in [0.15, 0.2) is 23.8 Å². The van der Waals surface area contributed by atoms with E-state index in [2.05, 4.69) is 20.4 Å². The number of Topliss-reactive ketones (excluding diaryl/α,β-unsaturated/α-hetero) is 1. The van der Waals surface area contributed by atoms with Gasteiger partial charge in [0.05, 0.1) is 6.10 Å². The van der Waals surface area contributed by atoms with E-state index >= 15 is 0 Å². The van der Waals surface area contributed by atoms with Gasteiger partial charge in [-0.2, -0.15) is 0 Å². The maximum atomic E-state index is 12.1. The van der Waals surface area contributed by atoms with Crippen molar-refractivity contribution in [3.63, 3.8) is 0 Å². The van der Waals surface area contributed by atoms with Gasteiger partial charge in [-0.3, -0.25) is 4.79 Å². The maximum Gasteiger partial charge on any atom is 0.216 e. The third-order valence-electron chi connectivity index (χ3n) is 5.53. The van der Waals surface area contributed by atoms with Crippen LogP contribution in [0.5, 0.6) is 0 Å². The number of carbonyl (C=O) groups is 1. The molecule has 6 heteroatoms. The van der Waals surface area contributed by atoms with Gasteiger partial charge >= 0.3 is 0 Å². The Balaban J connectivity index is 1.75. The Morgan fingerprint density at radius 1 is 1.39 bits per heavy atom. The van der Waals surface area contributed by atoms with Gasteiger partial charge in [0.1, 0.15) is 6.10 Å². The van der Waals surface area contributed by atoms with Crippen LogP contribution in [0.1, 0.15) is 33.6 Å². The summed E-state index contributed by atoms with van der Waals surface area (Å²) in [5.74, 6) is 0.471. The predicted molar refractivity (Wildman–Crippen MR) is 91.7 cm³/mol. The number of fused-ring (bicyclic) bond motifs is 1. The van der Waals surface area contributed by atoms with E-state index in [0.29, 0.717) is 12.8 Å². The Morgan fingerprint density at radius 2 is 2.04 bits per heavy atom. The second kappa shape index (κ2) is 5.74. The first kappa shape index (κ1) is 17.8. The molecule has 1 aliphatic heterocycles. The molecule has 0 aromatic rings. The molecule has 2 aliphatic carbocycles. The molecule has 0 aromatic carbocycles. The molecule has 1 heterocycles. The van der Waals surface area contributed by atoms with Gasteiger partial charge in [0.2, 0.25) is 3.79 Å². The van der Waals surface area contributed by atoms with Crippen LogP contribution in [0, 0.1) is 17.3 Å². The van der Waals surface area contributed by atoms with Crippen LogP contribution in [0.2, 0.25) is 0 Å². The van der Waals surface area contributed by atoms with Crippen molar-refractivity contribution >= 4 is 40.6 Å². The summed E-state index contributed by atoms with van der Waals surface area (Å²) in [6.45, 7) is 9.91. The summed E-state index contributed by atoms with van der Waals surface area (Å²) in [4.78, 5) is 12.1. The van der Waals surface area contributed by atoms with E-state index in [1.165, 1.54) is 0 Å². The summed E-state index contributed by atoms with van der Waals surface area (Å²) in [6.07, 6.45) is 1.49. The molecular weight excluding hydrogens is 359 g/mol. The zero-order valence-corrected chi connectivity index (χ0v) is 15.7. The second-order valence-corrected chi connectivity index (χ2v) is 9.61. The number of hydrogen-bond donors (Lipinski definition) is 0. The molecule has 3 aliphatic rings. The molecule has 0 radical (unpaired) electrons. The lowest BCUT2D eigenvalue weighted by Crippen LogP contribution is -2.35. The number of halogens is 3. The molecule has 3 rings (SSSR count). The number of allylic oxidation sites excluding steroid dienone is 2. The van der Waals surface area contributed by atoms with Crippen LogP contribution in [0.25, 0.3) is 0 Å². The van der Waals surface area contributed by atoms with Gasteiger partial charge in [0, 0.05) is 23.8 Å². The fourth-order valence-electron chi connectivity index (χ4n) is 4.12. The van der Waals surface area contributed by atoms with Crippen molar-refractivity contribution in [1.29, 1.82) is 0 Å². The fraction of sp³-hybridized carbons (Fsp3) is 0.706. The number of ketones is 1. The van der Waals surface area contributed by atoms with Crippen molar-refractivity contribution in [3.05, 3.63) is 23.8 Å². The Kier molecular flexibility index (Phi) is 4.43. The highest BCUT2D eigenvalue weighted by atomic mass is 35.6. The van der Waals surface area contributed by atoms with Crippen molar-refractivity contribution in [2.75, 3.05) is 0 Å². The van der Waals surface area contributed by atoms with Crippen molar-refractivity contribution in [2.45, 2.75) is 55.9 Å². The first-order valence-electron chi connectivity index (χ1n) is 7.80. The smallest absolute Gasteiger partial charge is 0.216 e. The van der Waals surface area contributed by atoms with Gasteiger partial charge in [-0.15, -0.1) is 6.58 Å². The summed E-state index contributed by atoms with van der Waals surface area (Å²) >= 11 is 18.2. The van der Waals surface area contributed by atoms with E-state index in [1.807, 2.05) is 6.92 Å². The number of ether oxygens (including phenoxy) is 2. The minimum Gasteiger partial charge on any atom is -0.344 e. The Labute approximate surface area is 151 Å². The molecule has 0 unspecified atom stereocenters. The van der Waals surface area contributed by atoms with E-state index < -0.39 is 16.2 Å². The maximum absolute atomic E-state index is 12.1. The molecular formula is C17H21Cl3O3. The van der Waals surface area contributed by atoms with Gasteiger partial charge in [-0.05, 0) is 24.3 Å². The minimum absolute atomic E-state index is 0.0156. The molecule has 0 amide bonds. The van der Waals surface area contributed by atoms with Gasteiger partial charge < -0.3 is 9.47 Å². The lowest BCUT2D eigenvalue weighted by Gasteiger charge is -2.29. The normalized spacial score (nSPS) is 38.9. The molecule has 2 fully saturated rings. The average Bonchev–Trinajstić information content (AvgIpc) is 2.72. The molecule has 0 aromatic heterocycles. The second-order valence-electron chi connectivity index (χ2n) is 7.25. The lowest BCUT2D eigenvalue weighted by molar-refractivity contribution is -0.181. The topological polar surface area (TPSA) is 35.5 Å². The molecule has 128 valence electrons. The molecule has 3 nitrogen and oxygen atoms in total. The van der Waals surface area contributed by atoms with Gasteiger partial charge in [-0.25, -0.2) is 0 Å². The monoisotopic (exact) mass is 378 g/mol. The van der Waals surface area contributed by atoms with Crippen LogP contribution in [-0.2, 0) is 14.3 Å². The zero-order valence-electron chi connectivity index (χ0n) is 13.4. The van der Waals surface area contributed by atoms with Crippen LogP contribution in [0.3, 0.4) is 0 Å². The zero-order chi connectivity index (χ0) is 17.2. The van der Waals surface area contributed by atoms with E-state index in [4.69, 9.17) is 44.3 Å². The highest BCUT2D eigenvalue weighted by molar-refractivity contribution is 6.68. The average molecular weight is 380 g/mol. The standard InChI is InChI=1S/C17H21Cl3O3/c1-5-6-9-8(2)11(7-10(9)21)22-15-13-12(16(13,3)4)14(23-15)17(18,19)20/h5,11-15H,1,6-7H2,2-4H3/t11-,12+,13-,14+,15-/m0/s1. The highest BCUT2D eigenvalue weighted by Gasteiger charge is 2.73. The molecule has 1 saturated carbocycles. The summed E-state index contributed by atoms with van der Waals surface area (Å²) in [5, 5.41) is 0. The van der Waals surface area contributed by atoms with E-state index in [9.17, 15) is 4.79 Å². The largest absolute Gasteiger partial charge is 0.344 e. The van der Waals surface area contributed by atoms with Crippen molar-refractivity contribution in [3.8, 4) is 0 Å². The van der Waals surface area contributed by atoms with Crippen molar-refractivity contribution in [2.24, 2.45) is 17.3 Å². The summed E-state index contributed by atoms with van der Waals surface area (Å²) in [7, 11) is 0. The number of carbonyl (C=O) groups excluding carboxylic acids is 1. The summed E-state index contributed by atoms with van der Waals surface area (Å²) in [6, 6.07) is 0. The Morgan fingerprint density at radius 3 is 2.57 bits per heavy atom. The van der Waals surface area contributed by atoms with Crippen LogP contribution >= 0.6 is 34.8 Å². The van der Waals surface area contributed by atoms with Crippen LogP contribution in [0.4, 0.5) is 0 Å². The van der Waals surface area contributed by atoms with E-state index in [0.717, 1.165) is 11.1 Å².